The van der Waals surface area contributed by atoms with Gasteiger partial charge in [0.25, 0.3) is 0 Å². The largest absolute Gasteiger partial charge is 0.468 e. The van der Waals surface area contributed by atoms with Crippen LogP contribution in [0.15, 0.2) is 4.99 Å². The molecule has 0 aromatic rings. The summed E-state index contributed by atoms with van der Waals surface area (Å²) in [5, 5.41) is 0. The maximum atomic E-state index is 10.9. The van der Waals surface area contributed by atoms with Crippen molar-refractivity contribution in [3.8, 4) is 0 Å². The second-order valence-electron chi connectivity index (χ2n) is 2.42. The van der Waals surface area contributed by atoms with E-state index in [1.165, 1.54) is 7.11 Å². The van der Waals surface area contributed by atoms with Crippen LogP contribution in [-0.2, 0) is 9.53 Å². The molecule has 0 aromatic carbocycles. The van der Waals surface area contributed by atoms with Gasteiger partial charge in [-0.3, -0.25) is 9.79 Å². The van der Waals surface area contributed by atoms with Gasteiger partial charge in [0, 0.05) is 7.92 Å². The molecule has 13 heavy (non-hydrogen) atoms. The number of carbonyl (C=O) groups excluding carboxylic acids is 1. The van der Waals surface area contributed by atoms with Crippen LogP contribution >= 0.6 is 0 Å². The van der Waals surface area contributed by atoms with E-state index in [0.29, 0.717) is 0 Å². The Balaban J connectivity index is 3.88. The number of guanidine groups is 1. The van der Waals surface area contributed by atoms with Crippen LogP contribution < -0.4 is 17.2 Å². The fourth-order valence-electron chi connectivity index (χ4n) is 0.672. The van der Waals surface area contributed by atoms with Crippen molar-refractivity contribution < 1.29 is 10.9 Å². The van der Waals surface area contributed by atoms with E-state index in [1.807, 2.05) is 0 Å². The number of nitrogens with zero attached hydrogens (tertiary/aromatic N) is 1. The highest BCUT2D eigenvalue weighted by molar-refractivity contribution is 5.76. The van der Waals surface area contributed by atoms with E-state index < -0.39 is 18.4 Å². The summed E-state index contributed by atoms with van der Waals surface area (Å²) < 4.78 is 11.9. The van der Waals surface area contributed by atoms with Crippen LogP contribution in [-0.4, -0.2) is 31.6 Å². The number of methoxy groups -OCH3 is 1. The standard InChI is InChI=1S/C7H16N4O2/c1-13-6(12)5(8)3-2-4-11-7(9)10/h5H,2-4,8H2,1H3,(H4,9,10,11)/t5-/m0/s1/i2D/t2?,5-. The lowest BCUT2D eigenvalue weighted by Crippen LogP contribution is -2.31. The minimum atomic E-state index is -0.795. The van der Waals surface area contributed by atoms with Crippen molar-refractivity contribution in [2.24, 2.45) is 22.2 Å². The predicted octanol–water partition coefficient (Wildman–Crippen LogP) is -1.46. The summed E-state index contributed by atoms with van der Waals surface area (Å²) in [6, 6.07) is -0.795. The van der Waals surface area contributed by atoms with Gasteiger partial charge in [-0.25, -0.2) is 0 Å². The van der Waals surface area contributed by atoms with Gasteiger partial charge in [0.2, 0.25) is 0 Å². The molecular formula is C7H16N4O2. The van der Waals surface area contributed by atoms with Gasteiger partial charge in [-0.2, -0.15) is 0 Å². The minimum Gasteiger partial charge on any atom is -0.468 e. The Morgan fingerprint density at radius 1 is 1.69 bits per heavy atom. The van der Waals surface area contributed by atoms with E-state index in [4.69, 9.17) is 18.6 Å². The third-order valence-electron chi connectivity index (χ3n) is 1.33. The van der Waals surface area contributed by atoms with Crippen molar-refractivity contribution in [2.45, 2.75) is 18.9 Å². The van der Waals surface area contributed by atoms with Crippen LogP contribution in [0.5, 0.6) is 0 Å². The van der Waals surface area contributed by atoms with Crippen LogP contribution in [0.2, 0.25) is 0 Å². The molecule has 6 nitrogen and oxygen atoms in total. The lowest BCUT2D eigenvalue weighted by Gasteiger charge is -2.07. The molecule has 0 aliphatic heterocycles. The molecule has 0 aliphatic rings. The first-order valence-electron chi connectivity index (χ1n) is 4.36. The summed E-state index contributed by atoms with van der Waals surface area (Å²) in [6.07, 6.45) is -0.435. The molecule has 0 aliphatic carbocycles. The number of rotatable bonds is 5. The quantitative estimate of drug-likeness (QED) is 0.277. The smallest absolute Gasteiger partial charge is 0.322 e. The first-order chi connectivity index (χ1) is 6.47. The topological polar surface area (TPSA) is 117 Å². The Labute approximate surface area is 78.5 Å². The fourth-order valence-corrected chi connectivity index (χ4v) is 0.672. The Morgan fingerprint density at radius 3 is 2.77 bits per heavy atom. The van der Waals surface area contributed by atoms with Gasteiger partial charge < -0.3 is 21.9 Å². The molecule has 76 valence electrons. The molecule has 6 heteroatoms. The van der Waals surface area contributed by atoms with E-state index >= 15 is 0 Å². The third-order valence-corrected chi connectivity index (χ3v) is 1.33. The number of carbonyl (C=O) groups is 1. The number of ether oxygens (including phenoxy) is 1. The molecule has 0 spiro atoms. The predicted molar refractivity (Wildman–Crippen MR) is 49.9 cm³/mol. The van der Waals surface area contributed by atoms with Crippen LogP contribution in [0.4, 0.5) is 0 Å². The lowest BCUT2D eigenvalue weighted by atomic mass is 10.2. The minimum absolute atomic E-state index is 0.0751. The molecular weight excluding hydrogens is 172 g/mol. The summed E-state index contributed by atoms with van der Waals surface area (Å²) in [4.78, 5) is 14.5. The number of nitrogens with two attached hydrogens (primary N) is 3. The monoisotopic (exact) mass is 189 g/mol. The normalized spacial score (nSPS) is 15.4. The Kier molecular flexibility index (Phi) is 4.70. The Hall–Kier alpha value is -1.30. The maximum absolute atomic E-state index is 10.9. The van der Waals surface area contributed by atoms with Crippen molar-refractivity contribution in [2.75, 3.05) is 13.7 Å². The summed E-state index contributed by atoms with van der Waals surface area (Å²) in [6.45, 7) is 0.132. The van der Waals surface area contributed by atoms with E-state index in [-0.39, 0.29) is 18.9 Å². The van der Waals surface area contributed by atoms with Gasteiger partial charge in [0.05, 0.1) is 7.11 Å². The van der Waals surface area contributed by atoms with Crippen molar-refractivity contribution >= 4 is 11.9 Å². The molecule has 0 saturated heterocycles. The zero-order chi connectivity index (χ0) is 11.1. The molecule has 0 bridgehead atoms. The van der Waals surface area contributed by atoms with Gasteiger partial charge in [0.1, 0.15) is 6.04 Å². The molecule has 6 N–H and O–H groups in total. The number of aliphatic imine (C=N–C) groups is 1. The van der Waals surface area contributed by atoms with Crippen LogP contribution in [0.1, 0.15) is 14.2 Å². The van der Waals surface area contributed by atoms with E-state index in [9.17, 15) is 4.79 Å². The fraction of sp³-hybridized carbons (Fsp3) is 0.714. The maximum Gasteiger partial charge on any atom is 0.322 e. The first kappa shape index (κ1) is 9.79. The van der Waals surface area contributed by atoms with Crippen LogP contribution in [0.25, 0.3) is 0 Å². The molecule has 2 atom stereocenters. The van der Waals surface area contributed by atoms with Crippen molar-refractivity contribution in [1.82, 2.24) is 0 Å². The molecule has 0 amide bonds. The van der Waals surface area contributed by atoms with Gasteiger partial charge in [-0.1, -0.05) is 0 Å². The first-order valence-corrected chi connectivity index (χ1v) is 3.78. The summed E-state index contributed by atoms with van der Waals surface area (Å²) in [5.74, 6) is -0.610. The van der Waals surface area contributed by atoms with Crippen molar-refractivity contribution in [1.29, 1.82) is 0 Å². The zero-order valence-electron chi connectivity index (χ0n) is 8.56. The van der Waals surface area contributed by atoms with Crippen molar-refractivity contribution in [3.63, 3.8) is 0 Å². The highest BCUT2D eigenvalue weighted by Gasteiger charge is 2.11. The second kappa shape index (κ2) is 6.24. The molecule has 1 unspecified atom stereocenters. The Bertz CT molecular complexity index is 218. The van der Waals surface area contributed by atoms with Crippen LogP contribution in [0.3, 0.4) is 0 Å². The number of hydrogen-bond acceptors (Lipinski definition) is 4. The van der Waals surface area contributed by atoms with E-state index in [2.05, 4.69) is 9.73 Å². The zero-order valence-corrected chi connectivity index (χ0v) is 7.56. The van der Waals surface area contributed by atoms with Crippen LogP contribution in [0, 0.1) is 0 Å². The number of hydrogen-bond donors (Lipinski definition) is 3. The highest BCUT2D eigenvalue weighted by Crippen LogP contribution is 1.96. The Morgan fingerprint density at radius 2 is 2.31 bits per heavy atom. The van der Waals surface area contributed by atoms with Gasteiger partial charge >= 0.3 is 5.97 Å². The van der Waals surface area contributed by atoms with Crippen molar-refractivity contribution in [3.05, 3.63) is 0 Å². The van der Waals surface area contributed by atoms with E-state index in [0.717, 1.165) is 0 Å². The summed E-state index contributed by atoms with van der Waals surface area (Å²) >= 11 is 0. The lowest BCUT2D eigenvalue weighted by molar-refractivity contribution is -0.142. The molecule has 0 saturated carbocycles. The molecule has 0 fully saturated rings. The average Bonchev–Trinajstić information content (AvgIpc) is 2.13. The van der Waals surface area contributed by atoms with Gasteiger partial charge in [-0.15, -0.1) is 0 Å². The number of esters is 1. The molecule has 0 radical (unpaired) electrons. The van der Waals surface area contributed by atoms with E-state index in [1.54, 1.807) is 0 Å². The highest BCUT2D eigenvalue weighted by atomic mass is 16.5. The average molecular weight is 189 g/mol. The molecule has 0 rings (SSSR count). The van der Waals surface area contributed by atoms with Gasteiger partial charge in [0.15, 0.2) is 5.96 Å². The second-order valence-corrected chi connectivity index (χ2v) is 2.42. The van der Waals surface area contributed by atoms with Gasteiger partial charge in [-0.05, 0) is 12.8 Å². The summed E-state index contributed by atoms with van der Waals surface area (Å²) in [7, 11) is 1.25. The SMILES string of the molecule is [2H]C(CN=C(N)N)C[C@H](N)C(=O)OC. The molecule has 0 heterocycles. The third kappa shape index (κ3) is 5.92. The summed E-state index contributed by atoms with van der Waals surface area (Å²) in [5.41, 5.74) is 15.6. The molecule has 0 aromatic heterocycles.